The van der Waals surface area contributed by atoms with Crippen molar-refractivity contribution in [1.82, 2.24) is 4.98 Å². The van der Waals surface area contributed by atoms with Crippen LogP contribution in [0, 0.1) is 0 Å². The van der Waals surface area contributed by atoms with Crippen molar-refractivity contribution in [2.45, 2.75) is 26.3 Å². The maximum atomic E-state index is 5.63. The number of halogens is 1. The van der Waals surface area contributed by atoms with Gasteiger partial charge in [0.15, 0.2) is 0 Å². The Hall–Kier alpha value is -0.800. The first-order valence-corrected chi connectivity index (χ1v) is 5.93. The molecule has 0 saturated heterocycles. The van der Waals surface area contributed by atoms with Crippen LogP contribution < -0.4 is 5.73 Å². The largest absolute Gasteiger partial charge is 0.357 e. The molecule has 0 aliphatic carbocycles. The molecule has 0 radical (unpaired) electrons. The van der Waals surface area contributed by atoms with E-state index in [-0.39, 0.29) is 0 Å². The fourth-order valence-corrected chi connectivity index (χ4v) is 2.64. The van der Waals surface area contributed by atoms with Gasteiger partial charge in [0.25, 0.3) is 0 Å². The summed E-state index contributed by atoms with van der Waals surface area (Å²) in [5.74, 6) is 0.494. The number of aromatic amines is 1. The van der Waals surface area contributed by atoms with Crippen LogP contribution in [0.3, 0.4) is 0 Å². The van der Waals surface area contributed by atoms with E-state index in [1.165, 1.54) is 21.1 Å². The molecule has 1 heterocycles. The fraction of sp³-hybridized carbons (Fsp3) is 0.333. The quantitative estimate of drug-likeness (QED) is 0.858. The van der Waals surface area contributed by atoms with Crippen LogP contribution in [-0.4, -0.2) is 4.98 Å². The van der Waals surface area contributed by atoms with Crippen molar-refractivity contribution in [2.24, 2.45) is 5.73 Å². The van der Waals surface area contributed by atoms with Crippen molar-refractivity contribution in [1.29, 1.82) is 0 Å². The van der Waals surface area contributed by atoms with Crippen molar-refractivity contribution in [3.8, 4) is 0 Å². The average molecular weight is 267 g/mol. The predicted octanol–water partition coefficient (Wildman–Crippen LogP) is 3.51. The van der Waals surface area contributed by atoms with Crippen molar-refractivity contribution in [3.63, 3.8) is 0 Å². The zero-order valence-corrected chi connectivity index (χ0v) is 10.6. The van der Waals surface area contributed by atoms with Crippen molar-refractivity contribution in [3.05, 3.63) is 33.9 Å². The standard InChI is InChI=1S/C12H15BrN2/c1-7(2)12-11(13)9-5-8(6-14)3-4-10(9)15-12/h3-5,7,15H,6,14H2,1-2H3. The lowest BCUT2D eigenvalue weighted by molar-refractivity contribution is 0.831. The second kappa shape index (κ2) is 3.99. The summed E-state index contributed by atoms with van der Waals surface area (Å²) < 4.78 is 1.17. The molecule has 0 unspecified atom stereocenters. The zero-order valence-electron chi connectivity index (χ0n) is 8.97. The number of nitrogens with two attached hydrogens (primary N) is 1. The number of hydrogen-bond acceptors (Lipinski definition) is 1. The van der Waals surface area contributed by atoms with Crippen LogP contribution in [0.4, 0.5) is 0 Å². The van der Waals surface area contributed by atoms with Gasteiger partial charge in [0.2, 0.25) is 0 Å². The summed E-state index contributed by atoms with van der Waals surface area (Å²) >= 11 is 3.64. The third-order valence-corrected chi connectivity index (χ3v) is 3.49. The summed E-state index contributed by atoms with van der Waals surface area (Å²) in [7, 11) is 0. The maximum Gasteiger partial charge on any atom is 0.0468 e. The van der Waals surface area contributed by atoms with E-state index in [0.29, 0.717) is 12.5 Å². The van der Waals surface area contributed by atoms with E-state index in [1.807, 2.05) is 0 Å². The number of aromatic nitrogens is 1. The SMILES string of the molecule is CC(C)c1[nH]c2ccc(CN)cc2c1Br. The summed E-state index contributed by atoms with van der Waals surface area (Å²) in [6.07, 6.45) is 0. The molecule has 15 heavy (non-hydrogen) atoms. The highest BCUT2D eigenvalue weighted by Gasteiger charge is 2.11. The van der Waals surface area contributed by atoms with Crippen molar-refractivity contribution >= 4 is 26.8 Å². The summed E-state index contributed by atoms with van der Waals surface area (Å²) in [6.45, 7) is 4.95. The minimum atomic E-state index is 0.494. The Kier molecular flexibility index (Phi) is 2.85. The monoisotopic (exact) mass is 266 g/mol. The lowest BCUT2D eigenvalue weighted by atomic mass is 10.1. The molecular weight excluding hydrogens is 252 g/mol. The van der Waals surface area contributed by atoms with Gasteiger partial charge >= 0.3 is 0 Å². The van der Waals surface area contributed by atoms with Gasteiger partial charge in [-0.05, 0) is 39.5 Å². The lowest BCUT2D eigenvalue weighted by Gasteiger charge is -2.01. The Morgan fingerprint density at radius 2 is 2.13 bits per heavy atom. The molecule has 0 bridgehead atoms. The van der Waals surface area contributed by atoms with Crippen LogP contribution in [0.2, 0.25) is 0 Å². The van der Waals surface area contributed by atoms with E-state index in [0.717, 1.165) is 5.56 Å². The summed E-state index contributed by atoms with van der Waals surface area (Å²) in [4.78, 5) is 3.43. The second-order valence-electron chi connectivity index (χ2n) is 4.09. The maximum absolute atomic E-state index is 5.63. The first-order chi connectivity index (χ1) is 7.13. The van der Waals surface area contributed by atoms with E-state index in [2.05, 4.69) is 53.0 Å². The number of rotatable bonds is 2. The summed E-state index contributed by atoms with van der Waals surface area (Å²) in [6, 6.07) is 6.30. The van der Waals surface area contributed by atoms with Gasteiger partial charge in [-0.1, -0.05) is 19.9 Å². The van der Waals surface area contributed by atoms with Gasteiger partial charge in [-0.25, -0.2) is 0 Å². The predicted molar refractivity (Wildman–Crippen MR) is 68.0 cm³/mol. The minimum absolute atomic E-state index is 0.494. The smallest absolute Gasteiger partial charge is 0.0468 e. The van der Waals surface area contributed by atoms with E-state index >= 15 is 0 Å². The first kappa shape index (κ1) is 10.7. The van der Waals surface area contributed by atoms with Crippen molar-refractivity contribution < 1.29 is 0 Å². The molecule has 0 spiro atoms. The second-order valence-corrected chi connectivity index (χ2v) is 4.88. The summed E-state index contributed by atoms with van der Waals surface area (Å²) in [5, 5.41) is 1.22. The topological polar surface area (TPSA) is 41.8 Å². The van der Waals surface area contributed by atoms with Crippen LogP contribution in [0.25, 0.3) is 10.9 Å². The Morgan fingerprint density at radius 3 is 2.73 bits per heavy atom. The zero-order chi connectivity index (χ0) is 11.0. The lowest BCUT2D eigenvalue weighted by Crippen LogP contribution is -1.94. The third-order valence-electron chi connectivity index (χ3n) is 2.64. The molecule has 2 nitrogen and oxygen atoms in total. The van der Waals surface area contributed by atoms with Gasteiger partial charge in [-0.2, -0.15) is 0 Å². The molecule has 0 fully saturated rings. The van der Waals surface area contributed by atoms with Crippen LogP contribution in [0.1, 0.15) is 31.0 Å². The molecule has 0 aliphatic rings. The van der Waals surface area contributed by atoms with Crippen LogP contribution in [0.5, 0.6) is 0 Å². The highest BCUT2D eigenvalue weighted by Crippen LogP contribution is 2.32. The molecule has 1 aromatic heterocycles. The third kappa shape index (κ3) is 1.82. The minimum Gasteiger partial charge on any atom is -0.357 e. The molecule has 2 rings (SSSR count). The summed E-state index contributed by atoms with van der Waals surface area (Å²) in [5.41, 5.74) is 9.21. The Bertz CT molecular complexity index is 486. The van der Waals surface area contributed by atoms with Crippen LogP contribution in [-0.2, 0) is 6.54 Å². The van der Waals surface area contributed by atoms with E-state index in [9.17, 15) is 0 Å². The van der Waals surface area contributed by atoms with Gasteiger partial charge < -0.3 is 10.7 Å². The number of fused-ring (bicyclic) bond motifs is 1. The molecule has 0 atom stereocenters. The first-order valence-electron chi connectivity index (χ1n) is 5.13. The Balaban J connectivity index is 2.66. The highest BCUT2D eigenvalue weighted by atomic mass is 79.9. The van der Waals surface area contributed by atoms with Gasteiger partial charge in [0, 0.05) is 27.6 Å². The molecule has 80 valence electrons. The molecule has 3 heteroatoms. The number of benzene rings is 1. The highest BCUT2D eigenvalue weighted by molar-refractivity contribution is 9.10. The molecule has 0 saturated carbocycles. The average Bonchev–Trinajstić information content (AvgIpc) is 2.56. The van der Waals surface area contributed by atoms with E-state index in [1.54, 1.807) is 0 Å². The molecule has 0 amide bonds. The van der Waals surface area contributed by atoms with Gasteiger partial charge in [-0.15, -0.1) is 0 Å². The van der Waals surface area contributed by atoms with Gasteiger partial charge in [0.05, 0.1) is 0 Å². The van der Waals surface area contributed by atoms with E-state index in [4.69, 9.17) is 5.73 Å². The molecule has 2 aromatic rings. The number of H-pyrrole nitrogens is 1. The Labute approximate surface area is 98.0 Å². The fourth-order valence-electron chi connectivity index (χ4n) is 1.75. The molecular formula is C12H15BrN2. The van der Waals surface area contributed by atoms with Crippen LogP contribution in [0.15, 0.2) is 22.7 Å². The number of hydrogen-bond donors (Lipinski definition) is 2. The normalized spacial score (nSPS) is 11.5. The molecule has 1 aromatic carbocycles. The van der Waals surface area contributed by atoms with E-state index < -0.39 is 0 Å². The number of nitrogens with one attached hydrogen (secondary N) is 1. The Morgan fingerprint density at radius 1 is 1.40 bits per heavy atom. The van der Waals surface area contributed by atoms with Gasteiger partial charge in [-0.3, -0.25) is 0 Å². The van der Waals surface area contributed by atoms with Gasteiger partial charge in [0.1, 0.15) is 0 Å². The molecule has 3 N–H and O–H groups in total. The molecule has 0 aliphatic heterocycles. The van der Waals surface area contributed by atoms with Crippen LogP contribution >= 0.6 is 15.9 Å². The van der Waals surface area contributed by atoms with Crippen molar-refractivity contribution in [2.75, 3.05) is 0 Å².